The Bertz CT molecular complexity index is 1120. The number of nitrogens with zero attached hydrogens (tertiary/aromatic N) is 1. The second-order valence-electron chi connectivity index (χ2n) is 6.41. The molecule has 1 unspecified atom stereocenters. The Kier molecular flexibility index (Phi) is 5.97. The fourth-order valence-electron chi connectivity index (χ4n) is 2.72. The molecule has 2 aromatic heterocycles. The smallest absolute Gasteiger partial charge is 0.312 e. The number of aromatic nitrogens is 1. The van der Waals surface area contributed by atoms with Crippen LogP contribution in [0.25, 0.3) is 9.75 Å². The number of amides is 2. The van der Waals surface area contributed by atoms with E-state index in [0.29, 0.717) is 10.9 Å². The number of para-hydroxylation sites is 1. The molecule has 0 aliphatic carbocycles. The predicted octanol–water partition coefficient (Wildman–Crippen LogP) is 6.19. The first-order valence-electron chi connectivity index (χ1n) is 9.19. The third-order valence-corrected chi connectivity index (χ3v) is 6.49. The van der Waals surface area contributed by atoms with E-state index in [9.17, 15) is 4.79 Å². The number of hydrogen-bond donors (Lipinski definition) is 2. The van der Waals surface area contributed by atoms with E-state index in [0.717, 1.165) is 26.1 Å². The van der Waals surface area contributed by atoms with Crippen LogP contribution in [-0.2, 0) is 0 Å². The van der Waals surface area contributed by atoms with Crippen molar-refractivity contribution >= 4 is 28.7 Å². The van der Waals surface area contributed by atoms with Crippen molar-refractivity contribution < 1.29 is 14.3 Å². The molecule has 0 radical (unpaired) electrons. The minimum atomic E-state index is -0.536. The molecule has 0 aliphatic heterocycles. The number of rotatable bonds is 7. The zero-order valence-electron chi connectivity index (χ0n) is 16.1. The highest BCUT2D eigenvalue weighted by Gasteiger charge is 2.13. The molecule has 0 spiro atoms. The zero-order chi connectivity index (χ0) is 20.9. The third kappa shape index (κ3) is 4.97. The number of carbonyl (C=O) groups excluding carboxylic acids is 1. The molecule has 2 heterocycles. The van der Waals surface area contributed by atoms with E-state index in [1.54, 1.807) is 17.5 Å². The molecule has 2 amide bonds. The lowest BCUT2D eigenvalue weighted by Crippen LogP contribution is -2.31. The monoisotopic (exact) mass is 437 g/mol. The van der Waals surface area contributed by atoms with Gasteiger partial charge in [-0.2, -0.15) is 0 Å². The normalized spacial score (nSPS) is 11.6. The number of thiazole rings is 1. The highest BCUT2D eigenvalue weighted by molar-refractivity contribution is 7.22. The van der Waals surface area contributed by atoms with Crippen LogP contribution < -0.4 is 20.5 Å². The SMILES string of the molecule is CC(NC(N)=O)c1ccc(-c2cnc(Oc3ccc(Oc4ccccc4)cc3)s2)s1. The molecule has 0 saturated heterocycles. The van der Waals surface area contributed by atoms with E-state index >= 15 is 0 Å². The Balaban J connectivity index is 1.40. The van der Waals surface area contributed by atoms with Crippen LogP contribution in [0, 0.1) is 0 Å². The Hall–Kier alpha value is -3.36. The predicted molar refractivity (Wildman–Crippen MR) is 120 cm³/mol. The topological polar surface area (TPSA) is 86.5 Å². The van der Waals surface area contributed by atoms with E-state index in [2.05, 4.69) is 10.3 Å². The highest BCUT2D eigenvalue weighted by Crippen LogP contribution is 2.38. The minimum Gasteiger partial charge on any atom is -0.457 e. The first kappa shape index (κ1) is 19.9. The first-order valence-corrected chi connectivity index (χ1v) is 10.8. The maximum atomic E-state index is 11.0. The molecule has 3 N–H and O–H groups in total. The van der Waals surface area contributed by atoms with Crippen molar-refractivity contribution in [3.63, 3.8) is 0 Å². The average Bonchev–Trinajstić information content (AvgIpc) is 3.39. The Morgan fingerprint density at radius 3 is 2.27 bits per heavy atom. The summed E-state index contributed by atoms with van der Waals surface area (Å²) in [4.78, 5) is 18.5. The third-order valence-electron chi connectivity index (χ3n) is 4.15. The van der Waals surface area contributed by atoms with Crippen molar-refractivity contribution in [2.45, 2.75) is 13.0 Å². The fraction of sp³-hybridized carbons (Fsp3) is 0.0909. The lowest BCUT2D eigenvalue weighted by atomic mass is 10.3. The van der Waals surface area contributed by atoms with Gasteiger partial charge in [0, 0.05) is 9.75 Å². The maximum Gasteiger partial charge on any atom is 0.312 e. The highest BCUT2D eigenvalue weighted by atomic mass is 32.1. The standard InChI is InChI=1S/C22H19N3O3S2/c1-14(25-21(23)26)18-11-12-19(29-18)20-13-24-22(30-20)28-17-9-7-16(8-10-17)27-15-5-3-2-4-6-15/h2-14H,1H3,(H3,23,25,26). The van der Waals surface area contributed by atoms with Gasteiger partial charge in [0.05, 0.1) is 17.1 Å². The van der Waals surface area contributed by atoms with Gasteiger partial charge in [0.15, 0.2) is 0 Å². The largest absolute Gasteiger partial charge is 0.457 e. The van der Waals surface area contributed by atoms with Gasteiger partial charge in [-0.3, -0.25) is 0 Å². The van der Waals surface area contributed by atoms with Crippen molar-refractivity contribution in [1.82, 2.24) is 10.3 Å². The van der Waals surface area contributed by atoms with Gasteiger partial charge in [0.2, 0.25) is 0 Å². The molecule has 30 heavy (non-hydrogen) atoms. The van der Waals surface area contributed by atoms with Gasteiger partial charge in [-0.1, -0.05) is 29.5 Å². The molecule has 0 aliphatic rings. The molecule has 4 aromatic rings. The Labute approximate surface area is 181 Å². The van der Waals surface area contributed by atoms with Crippen molar-refractivity contribution in [1.29, 1.82) is 0 Å². The number of urea groups is 1. The summed E-state index contributed by atoms with van der Waals surface area (Å²) in [7, 11) is 0. The van der Waals surface area contributed by atoms with E-state index in [-0.39, 0.29) is 6.04 Å². The fourth-order valence-corrected chi connectivity index (χ4v) is 4.59. The summed E-state index contributed by atoms with van der Waals surface area (Å²) >= 11 is 3.05. The lowest BCUT2D eigenvalue weighted by molar-refractivity contribution is 0.246. The Morgan fingerprint density at radius 2 is 1.57 bits per heavy atom. The zero-order valence-corrected chi connectivity index (χ0v) is 17.7. The summed E-state index contributed by atoms with van der Waals surface area (Å²) in [5.74, 6) is 2.20. The second-order valence-corrected chi connectivity index (χ2v) is 8.52. The number of thiophene rings is 1. The van der Waals surface area contributed by atoms with Gasteiger partial charge < -0.3 is 20.5 Å². The first-order chi connectivity index (χ1) is 14.6. The number of benzene rings is 2. The second kappa shape index (κ2) is 8.98. The van der Waals surface area contributed by atoms with Gasteiger partial charge in [0.25, 0.3) is 5.19 Å². The van der Waals surface area contributed by atoms with E-state index in [4.69, 9.17) is 15.2 Å². The van der Waals surface area contributed by atoms with Crippen LogP contribution in [0.2, 0.25) is 0 Å². The number of hydrogen-bond acceptors (Lipinski definition) is 6. The molecule has 4 rings (SSSR count). The quantitative estimate of drug-likeness (QED) is 0.361. The summed E-state index contributed by atoms with van der Waals surface area (Å²) in [6, 6.07) is 20.3. The van der Waals surface area contributed by atoms with Crippen molar-refractivity contribution in [2.24, 2.45) is 5.73 Å². The summed E-state index contributed by atoms with van der Waals surface area (Å²) in [6.07, 6.45) is 1.79. The van der Waals surface area contributed by atoms with E-state index in [1.807, 2.05) is 73.7 Å². The van der Waals surface area contributed by atoms with Crippen LogP contribution in [0.1, 0.15) is 17.8 Å². The molecule has 152 valence electrons. The number of primary amides is 1. The molecule has 2 aromatic carbocycles. The molecule has 1 atom stereocenters. The summed E-state index contributed by atoms with van der Waals surface area (Å²) in [5.41, 5.74) is 5.20. The van der Waals surface area contributed by atoms with Gasteiger partial charge in [0.1, 0.15) is 17.2 Å². The van der Waals surface area contributed by atoms with Crippen LogP contribution in [0.15, 0.2) is 72.9 Å². The van der Waals surface area contributed by atoms with Gasteiger partial charge in [-0.05, 0) is 55.5 Å². The number of nitrogens with one attached hydrogen (secondary N) is 1. The average molecular weight is 438 g/mol. The van der Waals surface area contributed by atoms with Crippen LogP contribution in [-0.4, -0.2) is 11.0 Å². The van der Waals surface area contributed by atoms with Gasteiger partial charge in [-0.25, -0.2) is 9.78 Å². The van der Waals surface area contributed by atoms with Crippen molar-refractivity contribution in [2.75, 3.05) is 0 Å². The lowest BCUT2D eigenvalue weighted by Gasteiger charge is -2.08. The molecule has 0 bridgehead atoms. The van der Waals surface area contributed by atoms with E-state index in [1.165, 1.54) is 11.3 Å². The van der Waals surface area contributed by atoms with Gasteiger partial charge >= 0.3 is 6.03 Å². The number of carbonyl (C=O) groups is 1. The van der Waals surface area contributed by atoms with Crippen LogP contribution >= 0.6 is 22.7 Å². The molecule has 6 nitrogen and oxygen atoms in total. The number of nitrogens with two attached hydrogens (primary N) is 1. The summed E-state index contributed by atoms with van der Waals surface area (Å²) in [5, 5.41) is 3.24. The molecule has 0 fully saturated rings. The Morgan fingerprint density at radius 1 is 0.900 bits per heavy atom. The molecular formula is C22H19N3O3S2. The van der Waals surface area contributed by atoms with Crippen LogP contribution in [0.4, 0.5) is 4.79 Å². The summed E-state index contributed by atoms with van der Waals surface area (Å²) < 4.78 is 11.7. The number of ether oxygens (including phenoxy) is 2. The van der Waals surface area contributed by atoms with E-state index < -0.39 is 6.03 Å². The van der Waals surface area contributed by atoms with Crippen LogP contribution in [0.5, 0.6) is 22.4 Å². The minimum absolute atomic E-state index is 0.137. The molecule has 0 saturated carbocycles. The summed E-state index contributed by atoms with van der Waals surface area (Å²) in [6.45, 7) is 1.90. The maximum absolute atomic E-state index is 11.0. The van der Waals surface area contributed by atoms with Crippen molar-refractivity contribution in [3.05, 3.63) is 77.8 Å². The van der Waals surface area contributed by atoms with Gasteiger partial charge in [-0.15, -0.1) is 11.3 Å². The van der Waals surface area contributed by atoms with Crippen LogP contribution in [0.3, 0.4) is 0 Å². The molecular weight excluding hydrogens is 418 g/mol. The van der Waals surface area contributed by atoms with Crippen molar-refractivity contribution in [3.8, 4) is 32.2 Å². The molecule has 8 heteroatoms.